The Labute approximate surface area is 118 Å². The Bertz CT molecular complexity index is 766. The van der Waals surface area contributed by atoms with Crippen molar-refractivity contribution in [1.29, 1.82) is 0 Å². The monoisotopic (exact) mass is 292 g/mol. The Morgan fingerprint density at radius 2 is 1.67 bits per heavy atom. The fourth-order valence-corrected chi connectivity index (χ4v) is 2.26. The van der Waals surface area contributed by atoms with E-state index in [9.17, 15) is 13.2 Å². The summed E-state index contributed by atoms with van der Waals surface area (Å²) in [6, 6.07) is 10.2. The number of hydrogen-bond acceptors (Lipinski definition) is 3. The van der Waals surface area contributed by atoms with Crippen LogP contribution in [0.5, 0.6) is 0 Å². The van der Waals surface area contributed by atoms with E-state index in [0.717, 1.165) is 0 Å². The first-order valence-corrected chi connectivity index (χ1v) is 6.14. The van der Waals surface area contributed by atoms with Crippen LogP contribution in [0.1, 0.15) is 11.1 Å². The summed E-state index contributed by atoms with van der Waals surface area (Å²) in [5.74, 6) is 0. The molecule has 3 rings (SSSR count). The SMILES string of the molecule is NC(c1ccccc1)(c1ccc2nncn2c1)C(F)(F)F. The fourth-order valence-electron chi connectivity index (χ4n) is 2.26. The Balaban J connectivity index is 2.24. The van der Waals surface area contributed by atoms with Crippen molar-refractivity contribution in [2.75, 3.05) is 0 Å². The van der Waals surface area contributed by atoms with Crippen LogP contribution in [-0.2, 0) is 5.54 Å². The van der Waals surface area contributed by atoms with Gasteiger partial charge in [0.25, 0.3) is 0 Å². The average Bonchev–Trinajstić information content (AvgIpc) is 2.93. The van der Waals surface area contributed by atoms with E-state index in [-0.39, 0.29) is 11.1 Å². The summed E-state index contributed by atoms with van der Waals surface area (Å²) in [5, 5.41) is 7.42. The number of benzene rings is 1. The molecule has 108 valence electrons. The quantitative estimate of drug-likeness (QED) is 0.789. The highest BCUT2D eigenvalue weighted by molar-refractivity contribution is 5.44. The Morgan fingerprint density at radius 3 is 2.33 bits per heavy atom. The lowest BCUT2D eigenvalue weighted by Crippen LogP contribution is -2.51. The zero-order valence-corrected chi connectivity index (χ0v) is 10.7. The molecule has 1 unspecified atom stereocenters. The predicted octanol–water partition coefficient (Wildman–Crippen LogP) is 2.49. The van der Waals surface area contributed by atoms with Gasteiger partial charge in [-0.3, -0.25) is 4.40 Å². The molecular weight excluding hydrogens is 281 g/mol. The molecule has 0 bridgehead atoms. The molecule has 3 aromatic rings. The van der Waals surface area contributed by atoms with Crippen molar-refractivity contribution in [3.05, 3.63) is 66.1 Å². The summed E-state index contributed by atoms with van der Waals surface area (Å²) in [6.45, 7) is 0. The van der Waals surface area contributed by atoms with Gasteiger partial charge in [-0.25, -0.2) is 0 Å². The van der Waals surface area contributed by atoms with Crippen molar-refractivity contribution in [2.45, 2.75) is 11.7 Å². The number of halogens is 3. The molecule has 0 fully saturated rings. The van der Waals surface area contributed by atoms with Crippen LogP contribution in [0.25, 0.3) is 5.65 Å². The van der Waals surface area contributed by atoms with E-state index in [1.165, 1.54) is 53.3 Å². The molecule has 0 aliphatic rings. The molecule has 0 saturated heterocycles. The number of nitrogens with zero attached hydrogens (tertiary/aromatic N) is 3. The van der Waals surface area contributed by atoms with E-state index < -0.39 is 11.7 Å². The van der Waals surface area contributed by atoms with Gasteiger partial charge in [0.05, 0.1) is 0 Å². The molecule has 2 aromatic heterocycles. The molecule has 0 spiro atoms. The predicted molar refractivity (Wildman–Crippen MR) is 70.5 cm³/mol. The van der Waals surface area contributed by atoms with Gasteiger partial charge >= 0.3 is 6.18 Å². The van der Waals surface area contributed by atoms with E-state index in [1.807, 2.05) is 0 Å². The molecular formula is C14H11F3N4. The molecule has 0 radical (unpaired) electrons. The first-order chi connectivity index (χ1) is 9.93. The van der Waals surface area contributed by atoms with Crippen molar-refractivity contribution in [2.24, 2.45) is 5.73 Å². The first-order valence-electron chi connectivity index (χ1n) is 6.14. The van der Waals surface area contributed by atoms with Crippen LogP contribution in [0, 0.1) is 0 Å². The van der Waals surface area contributed by atoms with Crippen LogP contribution in [-0.4, -0.2) is 20.8 Å². The van der Waals surface area contributed by atoms with E-state index in [2.05, 4.69) is 10.2 Å². The second-order valence-electron chi connectivity index (χ2n) is 4.69. The molecule has 1 aromatic carbocycles. The molecule has 7 heteroatoms. The van der Waals surface area contributed by atoms with Gasteiger partial charge in [-0.05, 0) is 11.6 Å². The average molecular weight is 292 g/mol. The minimum absolute atomic E-state index is 0.0232. The number of nitrogens with two attached hydrogens (primary N) is 1. The Hall–Kier alpha value is -2.41. The van der Waals surface area contributed by atoms with Crippen LogP contribution in [0.3, 0.4) is 0 Å². The molecule has 2 N–H and O–H groups in total. The number of rotatable bonds is 2. The smallest absolute Gasteiger partial charge is 0.310 e. The topological polar surface area (TPSA) is 56.2 Å². The fraction of sp³-hybridized carbons (Fsp3) is 0.143. The van der Waals surface area contributed by atoms with Crippen LogP contribution in [0.15, 0.2) is 55.0 Å². The van der Waals surface area contributed by atoms with Gasteiger partial charge < -0.3 is 5.73 Å². The van der Waals surface area contributed by atoms with Gasteiger partial charge in [0, 0.05) is 11.8 Å². The summed E-state index contributed by atoms with van der Waals surface area (Å²) >= 11 is 0. The van der Waals surface area contributed by atoms with E-state index in [4.69, 9.17) is 5.73 Å². The molecule has 1 atom stereocenters. The largest absolute Gasteiger partial charge is 0.414 e. The molecule has 0 aliphatic carbocycles. The van der Waals surface area contributed by atoms with Crippen LogP contribution in [0.2, 0.25) is 0 Å². The molecule has 0 saturated carbocycles. The number of hydrogen-bond donors (Lipinski definition) is 1. The summed E-state index contributed by atoms with van der Waals surface area (Å²) in [7, 11) is 0. The van der Waals surface area contributed by atoms with Crippen LogP contribution in [0.4, 0.5) is 13.2 Å². The van der Waals surface area contributed by atoms with E-state index in [0.29, 0.717) is 5.65 Å². The van der Waals surface area contributed by atoms with Crippen LogP contribution < -0.4 is 5.73 Å². The maximum Gasteiger partial charge on any atom is 0.414 e. The van der Waals surface area contributed by atoms with E-state index >= 15 is 0 Å². The third kappa shape index (κ3) is 2.06. The van der Waals surface area contributed by atoms with Gasteiger partial charge in [0.1, 0.15) is 6.33 Å². The number of aromatic nitrogens is 3. The second-order valence-corrected chi connectivity index (χ2v) is 4.69. The minimum atomic E-state index is -4.64. The van der Waals surface area contributed by atoms with Crippen molar-refractivity contribution >= 4 is 5.65 Å². The van der Waals surface area contributed by atoms with Gasteiger partial charge in [-0.2, -0.15) is 13.2 Å². The van der Waals surface area contributed by atoms with Crippen molar-refractivity contribution in [3.63, 3.8) is 0 Å². The van der Waals surface area contributed by atoms with Gasteiger partial charge in [0.15, 0.2) is 11.2 Å². The van der Waals surface area contributed by atoms with Gasteiger partial charge in [-0.15, -0.1) is 10.2 Å². The van der Waals surface area contributed by atoms with E-state index in [1.54, 1.807) is 6.07 Å². The summed E-state index contributed by atoms with van der Waals surface area (Å²) in [5.41, 5.74) is 3.56. The first kappa shape index (κ1) is 13.6. The molecule has 21 heavy (non-hydrogen) atoms. The molecule has 0 aliphatic heterocycles. The lowest BCUT2D eigenvalue weighted by atomic mass is 9.84. The second kappa shape index (κ2) is 4.56. The highest BCUT2D eigenvalue weighted by Gasteiger charge is 2.54. The lowest BCUT2D eigenvalue weighted by molar-refractivity contribution is -0.176. The minimum Gasteiger partial charge on any atom is -0.310 e. The number of fused-ring (bicyclic) bond motifs is 1. The highest BCUT2D eigenvalue weighted by Crippen LogP contribution is 2.41. The third-order valence-electron chi connectivity index (χ3n) is 3.42. The number of pyridine rings is 1. The Morgan fingerprint density at radius 1 is 0.952 bits per heavy atom. The zero-order chi connectivity index (χ0) is 15.1. The summed E-state index contributed by atoms with van der Waals surface area (Å²) < 4.78 is 42.3. The molecule has 2 heterocycles. The maximum absolute atomic E-state index is 13.6. The maximum atomic E-state index is 13.6. The van der Waals surface area contributed by atoms with Gasteiger partial charge in [-0.1, -0.05) is 36.4 Å². The zero-order valence-electron chi connectivity index (χ0n) is 10.7. The normalized spacial score (nSPS) is 15.0. The molecule has 0 amide bonds. The standard InChI is InChI=1S/C14H11F3N4/c15-14(16,17)13(18,10-4-2-1-3-5-10)11-6-7-12-20-19-9-21(12)8-11/h1-9H,18H2. The van der Waals surface area contributed by atoms with Crippen molar-refractivity contribution in [3.8, 4) is 0 Å². The summed E-state index contributed by atoms with van der Waals surface area (Å²) in [4.78, 5) is 0. The number of alkyl halides is 3. The van der Waals surface area contributed by atoms with Gasteiger partial charge in [0.2, 0.25) is 0 Å². The molecule has 4 nitrogen and oxygen atoms in total. The summed E-state index contributed by atoms with van der Waals surface area (Å²) in [6.07, 6.45) is -2.01. The highest BCUT2D eigenvalue weighted by atomic mass is 19.4. The Kier molecular flexibility index (Phi) is 2.94. The lowest BCUT2D eigenvalue weighted by Gasteiger charge is -2.32. The van der Waals surface area contributed by atoms with Crippen molar-refractivity contribution < 1.29 is 13.2 Å². The van der Waals surface area contributed by atoms with Crippen molar-refractivity contribution in [1.82, 2.24) is 14.6 Å². The van der Waals surface area contributed by atoms with Crippen LogP contribution >= 0.6 is 0 Å². The third-order valence-corrected chi connectivity index (χ3v) is 3.42.